The van der Waals surface area contributed by atoms with E-state index in [1.54, 1.807) is 18.3 Å². The number of pyridine rings is 1. The Morgan fingerprint density at radius 2 is 2.25 bits per heavy atom. The Bertz CT molecular complexity index is 345. The molecule has 0 unspecified atom stereocenters. The highest BCUT2D eigenvalue weighted by atomic mass is 35.5. The molecule has 2 N–H and O–H groups in total. The highest BCUT2D eigenvalue weighted by Gasteiger charge is 2.09. The summed E-state index contributed by atoms with van der Waals surface area (Å²) in [6, 6.07) is 3.31. The van der Waals surface area contributed by atoms with Crippen LogP contribution in [-0.4, -0.2) is 29.1 Å². The summed E-state index contributed by atoms with van der Waals surface area (Å²) in [5.41, 5.74) is 0.395. The molecule has 0 aromatic carbocycles. The Kier molecular flexibility index (Phi) is 5.82. The molecule has 0 aliphatic rings. The first-order chi connectivity index (χ1) is 7.75. The number of aromatic nitrogens is 1. The molecule has 0 bridgehead atoms. The topological polar surface area (TPSA) is 62.2 Å². The number of rotatable bonds is 6. The van der Waals surface area contributed by atoms with Crippen LogP contribution in [0.4, 0.5) is 0 Å². The Balaban J connectivity index is 2.33. The maximum atomic E-state index is 11.6. The Hall–Kier alpha value is -1.13. The maximum absolute atomic E-state index is 11.6. The normalized spacial score (nSPS) is 10.1. The third-order valence-corrected chi connectivity index (χ3v) is 2.43. The predicted octanol–water partition coefficient (Wildman–Crippen LogP) is 1.63. The van der Waals surface area contributed by atoms with Gasteiger partial charge in [-0.1, -0.05) is 11.6 Å². The van der Waals surface area contributed by atoms with Gasteiger partial charge in [0.1, 0.15) is 5.15 Å². The summed E-state index contributed by atoms with van der Waals surface area (Å²) in [6.07, 6.45) is 4.06. The van der Waals surface area contributed by atoms with Gasteiger partial charge in [-0.05, 0) is 31.4 Å². The number of aliphatic hydroxyl groups excluding tert-OH is 1. The summed E-state index contributed by atoms with van der Waals surface area (Å²) in [5, 5.41) is 11.5. The average Bonchev–Trinajstić information content (AvgIpc) is 2.29. The molecule has 0 atom stereocenters. The van der Waals surface area contributed by atoms with Crippen molar-refractivity contribution in [3.8, 4) is 0 Å². The molecule has 1 aromatic heterocycles. The zero-order valence-corrected chi connectivity index (χ0v) is 9.70. The van der Waals surface area contributed by atoms with Gasteiger partial charge in [-0.2, -0.15) is 0 Å². The molecular weight excluding hydrogens is 228 g/mol. The second-order valence-electron chi connectivity index (χ2n) is 3.38. The number of carbonyl (C=O) groups is 1. The number of amides is 1. The fraction of sp³-hybridized carbons (Fsp3) is 0.455. The van der Waals surface area contributed by atoms with Gasteiger partial charge in [-0.3, -0.25) is 4.79 Å². The van der Waals surface area contributed by atoms with Gasteiger partial charge in [0.05, 0.1) is 5.56 Å². The van der Waals surface area contributed by atoms with Crippen molar-refractivity contribution in [3.63, 3.8) is 0 Å². The third kappa shape index (κ3) is 4.16. The first kappa shape index (κ1) is 12.9. The minimum atomic E-state index is -0.206. The minimum Gasteiger partial charge on any atom is -0.396 e. The molecule has 0 aliphatic carbocycles. The Labute approximate surface area is 99.6 Å². The van der Waals surface area contributed by atoms with Crippen LogP contribution >= 0.6 is 11.6 Å². The molecule has 5 heteroatoms. The molecule has 0 spiro atoms. The number of halogens is 1. The van der Waals surface area contributed by atoms with Crippen LogP contribution in [0.5, 0.6) is 0 Å². The van der Waals surface area contributed by atoms with E-state index in [1.165, 1.54) is 0 Å². The fourth-order valence-corrected chi connectivity index (χ4v) is 1.47. The molecule has 1 rings (SSSR count). The lowest BCUT2D eigenvalue weighted by molar-refractivity contribution is 0.0952. The number of aliphatic hydroxyl groups is 1. The lowest BCUT2D eigenvalue weighted by atomic mass is 10.2. The molecule has 88 valence electrons. The summed E-state index contributed by atoms with van der Waals surface area (Å²) in [7, 11) is 0. The number of hydrogen-bond acceptors (Lipinski definition) is 3. The van der Waals surface area contributed by atoms with Crippen LogP contribution in [0.1, 0.15) is 29.6 Å². The summed E-state index contributed by atoms with van der Waals surface area (Å²) >= 11 is 5.78. The van der Waals surface area contributed by atoms with E-state index in [4.69, 9.17) is 16.7 Å². The number of hydrogen-bond donors (Lipinski definition) is 2. The summed E-state index contributed by atoms with van der Waals surface area (Å²) in [4.78, 5) is 15.4. The average molecular weight is 243 g/mol. The van der Waals surface area contributed by atoms with Crippen molar-refractivity contribution in [2.45, 2.75) is 19.3 Å². The van der Waals surface area contributed by atoms with E-state index in [1.807, 2.05) is 0 Å². The second-order valence-corrected chi connectivity index (χ2v) is 3.74. The van der Waals surface area contributed by atoms with Gasteiger partial charge in [0.15, 0.2) is 0 Å². The van der Waals surface area contributed by atoms with E-state index in [2.05, 4.69) is 10.3 Å². The van der Waals surface area contributed by atoms with Gasteiger partial charge < -0.3 is 10.4 Å². The Morgan fingerprint density at radius 3 is 2.94 bits per heavy atom. The minimum absolute atomic E-state index is 0.197. The first-order valence-corrected chi connectivity index (χ1v) is 5.63. The van der Waals surface area contributed by atoms with E-state index in [0.29, 0.717) is 12.1 Å². The van der Waals surface area contributed by atoms with Crippen LogP contribution < -0.4 is 5.32 Å². The monoisotopic (exact) mass is 242 g/mol. The summed E-state index contributed by atoms with van der Waals surface area (Å²) < 4.78 is 0. The van der Waals surface area contributed by atoms with Gasteiger partial charge >= 0.3 is 0 Å². The van der Waals surface area contributed by atoms with Gasteiger partial charge in [0.25, 0.3) is 5.91 Å². The predicted molar refractivity (Wildman–Crippen MR) is 62.5 cm³/mol. The van der Waals surface area contributed by atoms with Crippen LogP contribution in [0.2, 0.25) is 5.15 Å². The third-order valence-electron chi connectivity index (χ3n) is 2.12. The van der Waals surface area contributed by atoms with Crippen molar-refractivity contribution in [2.24, 2.45) is 0 Å². The molecule has 0 saturated heterocycles. The molecule has 0 aliphatic heterocycles. The Morgan fingerprint density at radius 1 is 1.44 bits per heavy atom. The van der Waals surface area contributed by atoms with Crippen molar-refractivity contribution < 1.29 is 9.90 Å². The summed E-state index contributed by atoms with van der Waals surface area (Å²) in [5.74, 6) is -0.206. The summed E-state index contributed by atoms with van der Waals surface area (Å²) in [6.45, 7) is 0.784. The SMILES string of the molecule is O=C(NCCCCCO)c1cccnc1Cl. The van der Waals surface area contributed by atoms with Crippen molar-refractivity contribution in [3.05, 3.63) is 29.0 Å². The first-order valence-electron chi connectivity index (χ1n) is 5.25. The molecule has 4 nitrogen and oxygen atoms in total. The van der Waals surface area contributed by atoms with E-state index < -0.39 is 0 Å². The van der Waals surface area contributed by atoms with Gasteiger partial charge in [0.2, 0.25) is 0 Å². The number of nitrogens with zero attached hydrogens (tertiary/aromatic N) is 1. The zero-order chi connectivity index (χ0) is 11.8. The van der Waals surface area contributed by atoms with Crippen LogP contribution in [0.15, 0.2) is 18.3 Å². The molecule has 0 radical (unpaired) electrons. The maximum Gasteiger partial charge on any atom is 0.254 e. The smallest absolute Gasteiger partial charge is 0.254 e. The number of nitrogens with one attached hydrogen (secondary N) is 1. The molecule has 0 saturated carbocycles. The van der Waals surface area contributed by atoms with Crippen LogP contribution in [-0.2, 0) is 0 Å². The van der Waals surface area contributed by atoms with Gasteiger partial charge in [0, 0.05) is 19.3 Å². The molecule has 16 heavy (non-hydrogen) atoms. The lowest BCUT2D eigenvalue weighted by Crippen LogP contribution is -2.24. The van der Waals surface area contributed by atoms with Crippen molar-refractivity contribution in [1.29, 1.82) is 0 Å². The fourth-order valence-electron chi connectivity index (χ4n) is 1.27. The van der Waals surface area contributed by atoms with Gasteiger partial charge in [-0.25, -0.2) is 4.98 Å². The van der Waals surface area contributed by atoms with Crippen molar-refractivity contribution in [1.82, 2.24) is 10.3 Å². The van der Waals surface area contributed by atoms with Crippen LogP contribution in [0.25, 0.3) is 0 Å². The zero-order valence-electron chi connectivity index (χ0n) is 8.95. The highest BCUT2D eigenvalue weighted by molar-refractivity contribution is 6.32. The molecule has 1 aromatic rings. The second kappa shape index (κ2) is 7.19. The largest absolute Gasteiger partial charge is 0.396 e. The molecule has 1 heterocycles. The van der Waals surface area contributed by atoms with E-state index in [9.17, 15) is 4.79 Å². The molecular formula is C11H15ClN2O2. The lowest BCUT2D eigenvalue weighted by Gasteiger charge is -2.05. The number of carbonyl (C=O) groups excluding carboxylic acids is 1. The quantitative estimate of drug-likeness (QED) is 0.589. The molecule has 0 fully saturated rings. The van der Waals surface area contributed by atoms with Crippen LogP contribution in [0.3, 0.4) is 0 Å². The highest BCUT2D eigenvalue weighted by Crippen LogP contribution is 2.10. The standard InChI is InChI=1S/C11H15ClN2O2/c12-10-9(5-4-7-13-10)11(16)14-6-2-1-3-8-15/h4-5,7,15H,1-3,6,8H2,(H,14,16). The van der Waals surface area contributed by atoms with E-state index in [-0.39, 0.29) is 17.7 Å². The van der Waals surface area contributed by atoms with Gasteiger partial charge in [-0.15, -0.1) is 0 Å². The number of unbranched alkanes of at least 4 members (excludes halogenated alkanes) is 2. The van der Waals surface area contributed by atoms with Crippen LogP contribution in [0, 0.1) is 0 Å². The van der Waals surface area contributed by atoms with E-state index >= 15 is 0 Å². The molecule has 1 amide bonds. The van der Waals surface area contributed by atoms with E-state index in [0.717, 1.165) is 19.3 Å². The van der Waals surface area contributed by atoms with Crippen molar-refractivity contribution >= 4 is 17.5 Å². The van der Waals surface area contributed by atoms with Crippen molar-refractivity contribution in [2.75, 3.05) is 13.2 Å².